The highest BCUT2D eigenvalue weighted by Crippen LogP contribution is 2.33. The zero-order valence-corrected chi connectivity index (χ0v) is 20.1. The zero-order valence-electron chi connectivity index (χ0n) is 20.1. The molecule has 192 valence electrons. The lowest BCUT2D eigenvalue weighted by molar-refractivity contribution is 0.100. The molecule has 1 fully saturated rings. The third-order valence-electron chi connectivity index (χ3n) is 6.02. The molecule has 0 saturated heterocycles. The number of anilines is 3. The Labute approximate surface area is 207 Å². The van der Waals surface area contributed by atoms with Crippen molar-refractivity contribution >= 4 is 23.2 Å². The van der Waals surface area contributed by atoms with E-state index in [-0.39, 0.29) is 41.8 Å². The molecule has 36 heavy (non-hydrogen) atoms. The summed E-state index contributed by atoms with van der Waals surface area (Å²) in [5.41, 5.74) is 12.4. The summed E-state index contributed by atoms with van der Waals surface area (Å²) >= 11 is 0. The summed E-state index contributed by atoms with van der Waals surface area (Å²) in [6.07, 6.45) is 7.66. The number of nitrogens with one attached hydrogen (secondary N) is 2. The monoisotopic (exact) mass is 499 g/mol. The van der Waals surface area contributed by atoms with Crippen LogP contribution in [0.3, 0.4) is 0 Å². The van der Waals surface area contributed by atoms with Crippen LogP contribution in [0.1, 0.15) is 36.5 Å². The molecule has 1 aliphatic rings. The van der Waals surface area contributed by atoms with Crippen molar-refractivity contribution in [1.29, 1.82) is 0 Å². The SMILES string of the molecule is COCCOc1ncc(Nc2nc(N[C@H](C3CCC3)[C@H](C)N)c(F)cc2C(N)=O)cc1-n1nccn1. The number of rotatable bonds is 12. The van der Waals surface area contributed by atoms with Gasteiger partial charge in [-0.15, -0.1) is 4.80 Å². The van der Waals surface area contributed by atoms with Gasteiger partial charge in [0.1, 0.15) is 18.1 Å². The van der Waals surface area contributed by atoms with Crippen molar-refractivity contribution in [3.8, 4) is 11.6 Å². The maximum absolute atomic E-state index is 14.9. The third-order valence-corrected chi connectivity index (χ3v) is 6.02. The number of carbonyl (C=O) groups excluding carboxylic acids is 1. The van der Waals surface area contributed by atoms with Crippen LogP contribution < -0.4 is 26.8 Å². The molecule has 0 radical (unpaired) electrons. The molecule has 2 atom stereocenters. The van der Waals surface area contributed by atoms with Crippen LogP contribution in [-0.4, -0.2) is 63.3 Å². The van der Waals surface area contributed by atoms with Crippen molar-refractivity contribution < 1.29 is 18.7 Å². The van der Waals surface area contributed by atoms with E-state index >= 15 is 0 Å². The Morgan fingerprint density at radius 1 is 1.25 bits per heavy atom. The van der Waals surface area contributed by atoms with Crippen LogP contribution >= 0.6 is 0 Å². The standard InChI is InChI=1S/C23H30FN9O3/c1-13(25)19(14-4-3-5-14)31-22-17(24)11-16(20(26)34)21(32-22)30-15-10-18(33-28-6-7-29-33)23(27-12-15)36-9-8-35-2/h6-7,10-14,19H,3-5,8-9,25H2,1-2H3,(H2,26,34)(H2,30,31,32)/t13-,19-/m0/s1. The van der Waals surface area contributed by atoms with Crippen LogP contribution in [0.25, 0.3) is 5.69 Å². The Kier molecular flexibility index (Phi) is 7.90. The number of halogens is 1. The maximum atomic E-state index is 14.9. The number of primary amides is 1. The first kappa shape index (κ1) is 25.3. The minimum absolute atomic E-state index is 0.0156. The fourth-order valence-electron chi connectivity index (χ4n) is 3.97. The Morgan fingerprint density at radius 2 is 2.00 bits per heavy atom. The molecule has 0 aromatic carbocycles. The molecule has 3 heterocycles. The van der Waals surface area contributed by atoms with E-state index in [2.05, 4.69) is 30.8 Å². The zero-order chi connectivity index (χ0) is 25.7. The number of hydrogen-bond donors (Lipinski definition) is 4. The van der Waals surface area contributed by atoms with E-state index in [1.807, 2.05) is 6.92 Å². The number of ether oxygens (including phenoxy) is 2. The van der Waals surface area contributed by atoms with E-state index in [9.17, 15) is 9.18 Å². The van der Waals surface area contributed by atoms with Gasteiger partial charge in [-0.2, -0.15) is 10.2 Å². The lowest BCUT2D eigenvalue weighted by atomic mass is 9.77. The first-order valence-electron chi connectivity index (χ1n) is 11.6. The molecule has 1 aliphatic carbocycles. The van der Waals surface area contributed by atoms with Gasteiger partial charge in [-0.25, -0.2) is 14.4 Å². The first-order chi connectivity index (χ1) is 17.4. The molecule has 3 aromatic heterocycles. The summed E-state index contributed by atoms with van der Waals surface area (Å²) in [6.45, 7) is 2.51. The van der Waals surface area contributed by atoms with Crippen molar-refractivity contribution in [2.24, 2.45) is 17.4 Å². The van der Waals surface area contributed by atoms with Crippen molar-refractivity contribution in [2.75, 3.05) is 31.0 Å². The number of aromatic nitrogens is 5. The molecule has 0 aliphatic heterocycles. The van der Waals surface area contributed by atoms with Crippen LogP contribution in [0, 0.1) is 11.7 Å². The van der Waals surface area contributed by atoms with Gasteiger partial charge in [-0.1, -0.05) is 6.42 Å². The number of hydrogen-bond acceptors (Lipinski definition) is 10. The van der Waals surface area contributed by atoms with Gasteiger partial charge in [-0.05, 0) is 37.8 Å². The van der Waals surface area contributed by atoms with Crippen molar-refractivity contribution in [3.05, 3.63) is 42.1 Å². The summed E-state index contributed by atoms with van der Waals surface area (Å²) in [6, 6.07) is 2.35. The number of methoxy groups -OCH3 is 1. The highest BCUT2D eigenvalue weighted by Gasteiger charge is 2.31. The van der Waals surface area contributed by atoms with Gasteiger partial charge in [0, 0.05) is 19.2 Å². The Balaban J connectivity index is 1.66. The van der Waals surface area contributed by atoms with Crippen LogP contribution in [0.5, 0.6) is 5.88 Å². The van der Waals surface area contributed by atoms with Gasteiger partial charge >= 0.3 is 0 Å². The summed E-state index contributed by atoms with van der Waals surface area (Å²) in [5.74, 6) is -0.868. The van der Waals surface area contributed by atoms with Crippen molar-refractivity contribution in [3.63, 3.8) is 0 Å². The van der Waals surface area contributed by atoms with Gasteiger partial charge in [0.2, 0.25) is 5.88 Å². The van der Waals surface area contributed by atoms with E-state index in [0.29, 0.717) is 23.9 Å². The highest BCUT2D eigenvalue weighted by atomic mass is 19.1. The van der Waals surface area contributed by atoms with Crippen LogP contribution in [0.2, 0.25) is 0 Å². The summed E-state index contributed by atoms with van der Waals surface area (Å²) in [5, 5.41) is 14.4. The van der Waals surface area contributed by atoms with E-state index in [4.69, 9.17) is 20.9 Å². The lowest BCUT2D eigenvalue weighted by Gasteiger charge is -2.37. The quantitative estimate of drug-likeness (QED) is 0.270. The average Bonchev–Trinajstić information content (AvgIpc) is 3.34. The fourth-order valence-corrected chi connectivity index (χ4v) is 3.97. The molecular formula is C23H30FN9O3. The number of nitrogens with zero attached hydrogens (tertiary/aromatic N) is 5. The van der Waals surface area contributed by atoms with E-state index in [1.165, 1.54) is 23.4 Å². The van der Waals surface area contributed by atoms with Crippen LogP contribution in [0.4, 0.5) is 21.7 Å². The summed E-state index contributed by atoms with van der Waals surface area (Å²) in [4.78, 5) is 22.1. The molecule has 1 saturated carbocycles. The molecule has 4 rings (SSSR count). The second-order valence-corrected chi connectivity index (χ2v) is 8.63. The molecule has 13 heteroatoms. The minimum Gasteiger partial charge on any atom is -0.474 e. The molecule has 12 nitrogen and oxygen atoms in total. The molecule has 3 aromatic rings. The van der Waals surface area contributed by atoms with E-state index < -0.39 is 11.7 Å². The largest absolute Gasteiger partial charge is 0.474 e. The average molecular weight is 500 g/mol. The number of nitrogens with two attached hydrogens (primary N) is 2. The van der Waals surface area contributed by atoms with Gasteiger partial charge < -0.3 is 31.6 Å². The number of amides is 1. The summed E-state index contributed by atoms with van der Waals surface area (Å²) < 4.78 is 25.6. The highest BCUT2D eigenvalue weighted by molar-refractivity contribution is 5.98. The topological polar surface area (TPSA) is 168 Å². The van der Waals surface area contributed by atoms with Crippen LogP contribution in [0.15, 0.2) is 30.7 Å². The van der Waals surface area contributed by atoms with E-state index in [1.54, 1.807) is 13.2 Å². The van der Waals surface area contributed by atoms with E-state index in [0.717, 1.165) is 25.3 Å². The second kappa shape index (κ2) is 11.3. The second-order valence-electron chi connectivity index (χ2n) is 8.63. The maximum Gasteiger partial charge on any atom is 0.252 e. The Hall–Kier alpha value is -3.84. The molecule has 1 amide bonds. The summed E-state index contributed by atoms with van der Waals surface area (Å²) in [7, 11) is 1.57. The minimum atomic E-state index is -0.834. The van der Waals surface area contributed by atoms with Gasteiger partial charge in [0.25, 0.3) is 5.91 Å². The number of carbonyl (C=O) groups is 1. The van der Waals surface area contributed by atoms with Gasteiger partial charge in [0.05, 0.1) is 36.4 Å². The molecule has 0 unspecified atom stereocenters. The fraction of sp³-hybridized carbons (Fsp3) is 0.435. The predicted octanol–water partition coefficient (Wildman–Crippen LogP) is 1.99. The third kappa shape index (κ3) is 5.69. The van der Waals surface area contributed by atoms with Gasteiger partial charge in [0.15, 0.2) is 11.6 Å². The lowest BCUT2D eigenvalue weighted by Crippen LogP contribution is -2.46. The number of pyridine rings is 2. The first-order valence-corrected chi connectivity index (χ1v) is 11.6. The van der Waals surface area contributed by atoms with Crippen molar-refractivity contribution in [1.82, 2.24) is 25.0 Å². The van der Waals surface area contributed by atoms with Crippen LogP contribution in [-0.2, 0) is 4.74 Å². The predicted molar refractivity (Wildman–Crippen MR) is 131 cm³/mol. The van der Waals surface area contributed by atoms with Gasteiger partial charge in [-0.3, -0.25) is 4.79 Å². The molecule has 0 spiro atoms. The molecule has 0 bridgehead atoms. The molecule has 6 N–H and O–H groups in total. The normalized spacial score (nSPS) is 15.1. The van der Waals surface area contributed by atoms with Crippen molar-refractivity contribution in [2.45, 2.75) is 38.3 Å². The Morgan fingerprint density at radius 3 is 2.61 bits per heavy atom. The Bertz CT molecular complexity index is 1190. The molecular weight excluding hydrogens is 469 g/mol. The smallest absolute Gasteiger partial charge is 0.252 e.